The van der Waals surface area contributed by atoms with Crippen molar-refractivity contribution < 1.29 is 22.7 Å². The van der Waals surface area contributed by atoms with E-state index in [0.29, 0.717) is 44.0 Å². The second-order valence-corrected chi connectivity index (χ2v) is 9.63. The highest BCUT2D eigenvalue weighted by atomic mass is 32.2. The van der Waals surface area contributed by atoms with Crippen LogP contribution < -0.4 is 10.1 Å². The normalized spacial score (nSPS) is 16.0. The van der Waals surface area contributed by atoms with Crippen molar-refractivity contribution in [1.82, 2.24) is 9.62 Å². The minimum Gasteiger partial charge on any atom is -0.496 e. The van der Waals surface area contributed by atoms with Crippen molar-refractivity contribution in [3.8, 4) is 5.75 Å². The fraction of sp³-hybridized carbons (Fsp3) is 0.435. The van der Waals surface area contributed by atoms with Crippen LogP contribution in [-0.2, 0) is 26.0 Å². The summed E-state index contributed by atoms with van der Waals surface area (Å²) in [7, 11) is -2.07. The number of nitrogens with zero attached hydrogens (tertiary/aromatic N) is 1. The average molecular weight is 447 g/mol. The summed E-state index contributed by atoms with van der Waals surface area (Å²) in [6.45, 7) is 5.42. The van der Waals surface area contributed by atoms with Crippen LogP contribution in [0.15, 0.2) is 47.4 Å². The van der Waals surface area contributed by atoms with Gasteiger partial charge >= 0.3 is 0 Å². The Labute approximate surface area is 184 Å². The van der Waals surface area contributed by atoms with Gasteiger partial charge in [-0.15, -0.1) is 0 Å². The molecule has 0 radical (unpaired) electrons. The fourth-order valence-corrected chi connectivity index (χ4v) is 5.01. The second-order valence-electron chi connectivity index (χ2n) is 7.69. The molecule has 31 heavy (non-hydrogen) atoms. The number of hydrogen-bond donors (Lipinski definition) is 1. The van der Waals surface area contributed by atoms with E-state index in [-0.39, 0.29) is 23.3 Å². The van der Waals surface area contributed by atoms with Crippen molar-refractivity contribution in [2.45, 2.75) is 37.6 Å². The van der Waals surface area contributed by atoms with Crippen molar-refractivity contribution in [3.63, 3.8) is 0 Å². The summed E-state index contributed by atoms with van der Waals surface area (Å²) in [5.74, 6) is 0.469. The number of ether oxygens (including phenoxy) is 2. The Kier molecular flexibility index (Phi) is 7.69. The number of morpholine rings is 1. The highest BCUT2D eigenvalue weighted by molar-refractivity contribution is 7.89. The molecule has 0 saturated carbocycles. The smallest absolute Gasteiger partial charge is 0.243 e. The van der Waals surface area contributed by atoms with Crippen LogP contribution >= 0.6 is 0 Å². The third-order valence-corrected chi connectivity index (χ3v) is 7.33. The molecule has 1 heterocycles. The first-order chi connectivity index (χ1) is 14.8. The van der Waals surface area contributed by atoms with Crippen LogP contribution in [0, 0.1) is 6.92 Å². The number of sulfonamides is 1. The van der Waals surface area contributed by atoms with Gasteiger partial charge in [-0.2, -0.15) is 4.31 Å². The Hall–Kier alpha value is -2.42. The maximum Gasteiger partial charge on any atom is 0.243 e. The molecule has 2 aromatic rings. The molecule has 0 bridgehead atoms. The van der Waals surface area contributed by atoms with Gasteiger partial charge in [-0.05, 0) is 49.6 Å². The van der Waals surface area contributed by atoms with Crippen LogP contribution in [0.2, 0.25) is 0 Å². The number of carbonyl (C=O) groups is 1. The number of aryl methyl sites for hydroxylation is 2. The van der Waals surface area contributed by atoms with Crippen LogP contribution in [0.3, 0.4) is 0 Å². The molecule has 7 nitrogen and oxygen atoms in total. The molecule has 1 N–H and O–H groups in total. The molecule has 8 heteroatoms. The Morgan fingerprint density at radius 1 is 1.16 bits per heavy atom. The minimum atomic E-state index is -3.61. The minimum absolute atomic E-state index is 0.100. The lowest BCUT2D eigenvalue weighted by Gasteiger charge is -2.26. The number of carbonyl (C=O) groups excluding carboxylic acids is 1. The van der Waals surface area contributed by atoms with Gasteiger partial charge in [0.25, 0.3) is 0 Å². The van der Waals surface area contributed by atoms with Gasteiger partial charge in [-0.25, -0.2) is 8.42 Å². The molecule has 0 unspecified atom stereocenters. The average Bonchev–Trinajstić information content (AvgIpc) is 2.78. The first-order valence-electron chi connectivity index (χ1n) is 10.4. The van der Waals surface area contributed by atoms with E-state index in [1.807, 2.05) is 38.1 Å². The number of rotatable bonds is 8. The molecule has 2 aromatic carbocycles. The lowest BCUT2D eigenvalue weighted by atomic mass is 10.1. The van der Waals surface area contributed by atoms with Crippen molar-refractivity contribution in [3.05, 3.63) is 59.2 Å². The molecular weight excluding hydrogens is 416 g/mol. The van der Waals surface area contributed by atoms with E-state index in [1.165, 1.54) is 17.0 Å². The Balaban J connectivity index is 1.68. The van der Waals surface area contributed by atoms with Crippen LogP contribution in [-0.4, -0.2) is 52.0 Å². The quantitative estimate of drug-likeness (QED) is 0.674. The van der Waals surface area contributed by atoms with Crippen LogP contribution in [0.1, 0.15) is 36.1 Å². The molecule has 1 atom stereocenters. The number of benzene rings is 2. The SMILES string of the molecule is COc1ccc(S(=O)(=O)N2CCOCC2)cc1CCC(=O)N[C@H](C)c1ccc(C)cc1. The Bertz CT molecular complexity index is 999. The molecule has 0 spiro atoms. The van der Waals surface area contributed by atoms with Gasteiger partial charge in [0.15, 0.2) is 0 Å². The van der Waals surface area contributed by atoms with Gasteiger partial charge in [0.2, 0.25) is 15.9 Å². The standard InChI is InChI=1S/C23H30N2O5S/c1-17-4-6-19(7-5-17)18(2)24-23(26)11-8-20-16-21(9-10-22(20)29-3)31(27,28)25-12-14-30-15-13-25/h4-7,9-10,16,18H,8,11-15H2,1-3H3,(H,24,26)/t18-/m1/s1. The Morgan fingerprint density at radius 2 is 1.84 bits per heavy atom. The Morgan fingerprint density at radius 3 is 2.48 bits per heavy atom. The molecule has 1 fully saturated rings. The summed E-state index contributed by atoms with van der Waals surface area (Å²) < 4.78 is 38.0. The van der Waals surface area contributed by atoms with E-state index >= 15 is 0 Å². The van der Waals surface area contributed by atoms with E-state index in [0.717, 1.165) is 5.56 Å². The third kappa shape index (κ3) is 5.84. The van der Waals surface area contributed by atoms with E-state index < -0.39 is 10.0 Å². The monoisotopic (exact) mass is 446 g/mol. The van der Waals surface area contributed by atoms with Crippen molar-refractivity contribution in [2.75, 3.05) is 33.4 Å². The summed E-state index contributed by atoms with van der Waals surface area (Å²) in [5.41, 5.74) is 2.89. The zero-order valence-corrected chi connectivity index (χ0v) is 19.1. The van der Waals surface area contributed by atoms with Gasteiger partial charge in [0, 0.05) is 19.5 Å². The largest absolute Gasteiger partial charge is 0.496 e. The van der Waals surface area contributed by atoms with E-state index in [2.05, 4.69) is 5.32 Å². The second kappa shape index (κ2) is 10.3. The van der Waals surface area contributed by atoms with E-state index in [1.54, 1.807) is 18.2 Å². The van der Waals surface area contributed by atoms with Gasteiger partial charge in [-0.3, -0.25) is 4.79 Å². The predicted octanol–water partition coefficient (Wildman–Crippen LogP) is 2.83. The molecule has 0 aromatic heterocycles. The maximum atomic E-state index is 13.0. The summed E-state index contributed by atoms with van der Waals surface area (Å²) in [6.07, 6.45) is 0.607. The molecule has 1 aliphatic rings. The lowest BCUT2D eigenvalue weighted by molar-refractivity contribution is -0.121. The molecule has 168 valence electrons. The topological polar surface area (TPSA) is 84.9 Å². The zero-order chi connectivity index (χ0) is 22.4. The third-order valence-electron chi connectivity index (χ3n) is 5.44. The summed E-state index contributed by atoms with van der Waals surface area (Å²) >= 11 is 0. The van der Waals surface area contributed by atoms with Gasteiger partial charge in [0.05, 0.1) is 31.3 Å². The van der Waals surface area contributed by atoms with Crippen LogP contribution in [0.25, 0.3) is 0 Å². The van der Waals surface area contributed by atoms with E-state index in [4.69, 9.17) is 9.47 Å². The number of methoxy groups -OCH3 is 1. The van der Waals surface area contributed by atoms with Crippen LogP contribution in [0.4, 0.5) is 0 Å². The molecule has 0 aliphatic carbocycles. The number of amides is 1. The predicted molar refractivity (Wildman–Crippen MR) is 119 cm³/mol. The molecule has 3 rings (SSSR count). The van der Waals surface area contributed by atoms with Crippen molar-refractivity contribution in [2.24, 2.45) is 0 Å². The fourth-order valence-electron chi connectivity index (χ4n) is 3.55. The number of hydrogen-bond acceptors (Lipinski definition) is 5. The van der Waals surface area contributed by atoms with Crippen molar-refractivity contribution >= 4 is 15.9 Å². The zero-order valence-electron chi connectivity index (χ0n) is 18.3. The van der Waals surface area contributed by atoms with Gasteiger partial charge < -0.3 is 14.8 Å². The summed E-state index contributed by atoms with van der Waals surface area (Å²) in [4.78, 5) is 12.7. The highest BCUT2D eigenvalue weighted by Gasteiger charge is 2.27. The first-order valence-corrected chi connectivity index (χ1v) is 11.9. The van der Waals surface area contributed by atoms with Crippen LogP contribution in [0.5, 0.6) is 5.75 Å². The maximum absolute atomic E-state index is 13.0. The summed E-state index contributed by atoms with van der Waals surface area (Å²) in [6, 6.07) is 12.7. The molecule has 1 aliphatic heterocycles. The summed E-state index contributed by atoms with van der Waals surface area (Å²) in [5, 5.41) is 3.00. The lowest BCUT2D eigenvalue weighted by Crippen LogP contribution is -2.40. The molecular formula is C23H30N2O5S. The molecule has 1 amide bonds. The van der Waals surface area contributed by atoms with E-state index in [9.17, 15) is 13.2 Å². The molecule has 1 saturated heterocycles. The highest BCUT2D eigenvalue weighted by Crippen LogP contribution is 2.26. The number of nitrogens with one attached hydrogen (secondary N) is 1. The van der Waals surface area contributed by atoms with Crippen molar-refractivity contribution in [1.29, 1.82) is 0 Å². The van der Waals surface area contributed by atoms with Gasteiger partial charge in [-0.1, -0.05) is 29.8 Å². The first kappa shape index (κ1) is 23.2. The van der Waals surface area contributed by atoms with Gasteiger partial charge in [0.1, 0.15) is 5.75 Å².